The number of carbonyl (C=O) groups is 1. The minimum atomic E-state index is -0.925. The lowest BCUT2D eigenvalue weighted by molar-refractivity contribution is 0.101. The lowest BCUT2D eigenvalue weighted by atomic mass is 10.1. The number of aromatic nitrogens is 2. The zero-order valence-electron chi connectivity index (χ0n) is 12.1. The van der Waals surface area contributed by atoms with Crippen LogP contribution in [-0.4, -0.2) is 15.9 Å². The van der Waals surface area contributed by atoms with Gasteiger partial charge in [-0.25, -0.2) is 18.7 Å². The maximum Gasteiger partial charge on any atom is 0.261 e. The molecule has 3 aromatic rings. The standard InChI is InChI=1S/C17H10ClF2N3O/c18-17-21-8-7-14(23-17)10-3-1-4-11(9-10)22-16(24)15-12(19)5-2-6-13(15)20/h1-9H,(H,22,24). The van der Waals surface area contributed by atoms with Gasteiger partial charge in [0.1, 0.15) is 17.2 Å². The van der Waals surface area contributed by atoms with E-state index < -0.39 is 23.1 Å². The molecule has 4 nitrogen and oxygen atoms in total. The van der Waals surface area contributed by atoms with Crippen molar-refractivity contribution in [1.82, 2.24) is 9.97 Å². The first-order chi connectivity index (χ1) is 11.5. The zero-order valence-corrected chi connectivity index (χ0v) is 12.9. The highest BCUT2D eigenvalue weighted by atomic mass is 35.5. The van der Waals surface area contributed by atoms with Gasteiger partial charge in [0.15, 0.2) is 0 Å². The van der Waals surface area contributed by atoms with Crippen LogP contribution in [0.15, 0.2) is 54.7 Å². The summed E-state index contributed by atoms with van der Waals surface area (Å²) in [6.45, 7) is 0. The van der Waals surface area contributed by atoms with Gasteiger partial charge in [-0.05, 0) is 41.9 Å². The summed E-state index contributed by atoms with van der Waals surface area (Å²) in [4.78, 5) is 20.0. The minimum Gasteiger partial charge on any atom is -0.322 e. The van der Waals surface area contributed by atoms with Gasteiger partial charge in [-0.1, -0.05) is 18.2 Å². The molecule has 0 saturated carbocycles. The molecule has 0 unspecified atom stereocenters. The van der Waals surface area contributed by atoms with Gasteiger partial charge in [0, 0.05) is 17.4 Å². The van der Waals surface area contributed by atoms with Gasteiger partial charge in [0.2, 0.25) is 5.28 Å². The van der Waals surface area contributed by atoms with E-state index in [9.17, 15) is 13.6 Å². The molecule has 1 heterocycles. The van der Waals surface area contributed by atoms with Crippen LogP contribution in [0.25, 0.3) is 11.3 Å². The first kappa shape index (κ1) is 16.0. The number of nitrogens with zero attached hydrogens (tertiary/aromatic N) is 2. The zero-order chi connectivity index (χ0) is 17.1. The van der Waals surface area contributed by atoms with Crippen molar-refractivity contribution in [3.8, 4) is 11.3 Å². The van der Waals surface area contributed by atoms with E-state index in [1.807, 2.05) is 0 Å². The highest BCUT2D eigenvalue weighted by Gasteiger charge is 2.17. The van der Waals surface area contributed by atoms with Crippen molar-refractivity contribution in [3.05, 3.63) is 77.2 Å². The summed E-state index contributed by atoms with van der Waals surface area (Å²) in [7, 11) is 0. The van der Waals surface area contributed by atoms with Crippen LogP contribution in [0, 0.1) is 11.6 Å². The van der Waals surface area contributed by atoms with Crippen LogP contribution in [0.2, 0.25) is 5.28 Å². The fraction of sp³-hybridized carbons (Fsp3) is 0. The smallest absolute Gasteiger partial charge is 0.261 e. The number of benzene rings is 2. The summed E-state index contributed by atoms with van der Waals surface area (Å²) in [5, 5.41) is 2.56. The molecule has 0 spiro atoms. The van der Waals surface area contributed by atoms with Crippen molar-refractivity contribution in [2.24, 2.45) is 0 Å². The van der Waals surface area contributed by atoms with Crippen LogP contribution in [-0.2, 0) is 0 Å². The topological polar surface area (TPSA) is 54.9 Å². The van der Waals surface area contributed by atoms with Crippen molar-refractivity contribution in [2.75, 3.05) is 5.32 Å². The second-order valence-corrected chi connectivity index (χ2v) is 5.18. The molecule has 0 aliphatic rings. The highest BCUT2D eigenvalue weighted by Crippen LogP contribution is 2.22. The van der Waals surface area contributed by atoms with E-state index >= 15 is 0 Å². The quantitative estimate of drug-likeness (QED) is 0.719. The molecule has 0 aliphatic carbocycles. The van der Waals surface area contributed by atoms with Gasteiger partial charge in [-0.2, -0.15) is 0 Å². The molecule has 3 rings (SSSR count). The number of rotatable bonds is 3. The Bertz CT molecular complexity index is 898. The molecule has 120 valence electrons. The Morgan fingerprint density at radius 3 is 2.46 bits per heavy atom. The van der Waals surface area contributed by atoms with Crippen LogP contribution in [0.1, 0.15) is 10.4 Å². The number of halogens is 3. The van der Waals surface area contributed by atoms with Crippen LogP contribution in [0.5, 0.6) is 0 Å². The van der Waals surface area contributed by atoms with E-state index in [-0.39, 0.29) is 5.28 Å². The Balaban J connectivity index is 1.89. The molecule has 0 saturated heterocycles. The molecule has 7 heteroatoms. The van der Waals surface area contributed by atoms with Gasteiger partial charge in [-0.3, -0.25) is 4.79 Å². The number of hydrogen-bond donors (Lipinski definition) is 1. The van der Waals surface area contributed by atoms with Gasteiger partial charge in [-0.15, -0.1) is 0 Å². The monoisotopic (exact) mass is 345 g/mol. The minimum absolute atomic E-state index is 0.0929. The molecule has 0 atom stereocenters. The van der Waals surface area contributed by atoms with E-state index in [0.29, 0.717) is 16.9 Å². The third kappa shape index (κ3) is 3.38. The van der Waals surface area contributed by atoms with E-state index in [1.165, 1.54) is 12.3 Å². The summed E-state index contributed by atoms with van der Waals surface area (Å²) < 4.78 is 27.3. The fourth-order valence-corrected chi connectivity index (χ4v) is 2.31. The summed E-state index contributed by atoms with van der Waals surface area (Å²) in [5.74, 6) is -2.72. The second kappa shape index (κ2) is 6.72. The molecule has 1 N–H and O–H groups in total. The molecular weight excluding hydrogens is 336 g/mol. The normalized spacial score (nSPS) is 10.5. The van der Waals surface area contributed by atoms with Crippen LogP contribution >= 0.6 is 11.6 Å². The fourth-order valence-electron chi connectivity index (χ4n) is 2.16. The van der Waals surface area contributed by atoms with Crippen molar-refractivity contribution in [3.63, 3.8) is 0 Å². The Morgan fingerprint density at radius 1 is 1.04 bits per heavy atom. The predicted molar refractivity (Wildman–Crippen MR) is 86.8 cm³/mol. The summed E-state index contributed by atoms with van der Waals surface area (Å²) >= 11 is 5.76. The van der Waals surface area contributed by atoms with Crippen LogP contribution in [0.4, 0.5) is 14.5 Å². The number of anilines is 1. The van der Waals surface area contributed by atoms with E-state index in [2.05, 4.69) is 15.3 Å². The lowest BCUT2D eigenvalue weighted by Gasteiger charge is -2.08. The molecular formula is C17H10ClF2N3O. The Kier molecular flexibility index (Phi) is 4.48. The van der Waals surface area contributed by atoms with Crippen molar-refractivity contribution in [2.45, 2.75) is 0 Å². The second-order valence-electron chi connectivity index (χ2n) is 4.84. The van der Waals surface area contributed by atoms with Crippen molar-refractivity contribution in [1.29, 1.82) is 0 Å². The molecule has 0 bridgehead atoms. The number of amides is 1. The third-order valence-electron chi connectivity index (χ3n) is 3.23. The van der Waals surface area contributed by atoms with Crippen molar-refractivity contribution < 1.29 is 13.6 Å². The first-order valence-corrected chi connectivity index (χ1v) is 7.27. The van der Waals surface area contributed by atoms with E-state index in [0.717, 1.165) is 12.1 Å². The van der Waals surface area contributed by atoms with Crippen LogP contribution < -0.4 is 5.32 Å². The molecule has 1 amide bonds. The predicted octanol–water partition coefficient (Wildman–Crippen LogP) is 4.33. The molecule has 1 aromatic heterocycles. The number of carbonyl (C=O) groups excluding carboxylic acids is 1. The van der Waals surface area contributed by atoms with Gasteiger partial charge in [0.05, 0.1) is 5.69 Å². The summed E-state index contributed by atoms with van der Waals surface area (Å²) in [6, 6.07) is 11.6. The van der Waals surface area contributed by atoms with Gasteiger partial charge < -0.3 is 5.32 Å². The summed E-state index contributed by atoms with van der Waals surface area (Å²) in [5.41, 5.74) is 0.970. The van der Waals surface area contributed by atoms with Gasteiger partial charge >= 0.3 is 0 Å². The molecule has 0 radical (unpaired) electrons. The molecule has 2 aromatic carbocycles. The molecule has 0 aliphatic heterocycles. The maximum atomic E-state index is 13.7. The maximum absolute atomic E-state index is 13.7. The van der Waals surface area contributed by atoms with Crippen LogP contribution in [0.3, 0.4) is 0 Å². The average Bonchev–Trinajstić information content (AvgIpc) is 2.55. The number of nitrogens with one attached hydrogen (secondary N) is 1. The average molecular weight is 346 g/mol. The molecule has 24 heavy (non-hydrogen) atoms. The van der Waals surface area contributed by atoms with E-state index in [4.69, 9.17) is 11.6 Å². The Morgan fingerprint density at radius 2 is 1.75 bits per heavy atom. The Labute approximate surface area is 141 Å². The summed E-state index contributed by atoms with van der Waals surface area (Å²) in [6.07, 6.45) is 1.50. The number of hydrogen-bond acceptors (Lipinski definition) is 3. The van der Waals surface area contributed by atoms with E-state index in [1.54, 1.807) is 30.3 Å². The van der Waals surface area contributed by atoms with Gasteiger partial charge in [0.25, 0.3) is 5.91 Å². The molecule has 0 fully saturated rings. The largest absolute Gasteiger partial charge is 0.322 e. The Hall–Kier alpha value is -2.86. The third-order valence-corrected chi connectivity index (χ3v) is 3.41. The van der Waals surface area contributed by atoms with Crippen molar-refractivity contribution >= 4 is 23.2 Å². The lowest BCUT2D eigenvalue weighted by Crippen LogP contribution is -2.15. The first-order valence-electron chi connectivity index (χ1n) is 6.89. The highest BCUT2D eigenvalue weighted by molar-refractivity contribution is 6.28. The SMILES string of the molecule is O=C(Nc1cccc(-c2ccnc(Cl)n2)c1)c1c(F)cccc1F.